The van der Waals surface area contributed by atoms with Crippen molar-refractivity contribution in [3.05, 3.63) is 23.8 Å². The predicted octanol–water partition coefficient (Wildman–Crippen LogP) is 1.04. The average Bonchev–Trinajstić information content (AvgIpc) is 2.42. The van der Waals surface area contributed by atoms with Crippen LogP contribution in [-0.4, -0.2) is 17.3 Å². The first-order valence-corrected chi connectivity index (χ1v) is 4.34. The molecule has 1 atom stereocenters. The van der Waals surface area contributed by atoms with Crippen molar-refractivity contribution in [2.45, 2.75) is 18.9 Å². The van der Waals surface area contributed by atoms with Gasteiger partial charge in [0.2, 0.25) is 0 Å². The molecule has 1 aliphatic rings. The van der Waals surface area contributed by atoms with Crippen LogP contribution in [0.2, 0.25) is 0 Å². The summed E-state index contributed by atoms with van der Waals surface area (Å²) in [7, 11) is 0. The van der Waals surface area contributed by atoms with Gasteiger partial charge in [0.15, 0.2) is 0 Å². The van der Waals surface area contributed by atoms with Crippen LogP contribution in [0.25, 0.3) is 0 Å². The Labute approximate surface area is 77.1 Å². The van der Waals surface area contributed by atoms with Crippen molar-refractivity contribution in [1.82, 2.24) is 0 Å². The van der Waals surface area contributed by atoms with Crippen LogP contribution in [0.5, 0.6) is 11.5 Å². The lowest BCUT2D eigenvalue weighted by atomic mass is 10.00. The van der Waals surface area contributed by atoms with E-state index in [9.17, 15) is 5.11 Å². The second-order valence-electron chi connectivity index (χ2n) is 3.72. The van der Waals surface area contributed by atoms with E-state index in [1.54, 1.807) is 12.1 Å². The number of hydrogen-bond donors (Lipinski definition) is 2. The first kappa shape index (κ1) is 8.38. The first-order chi connectivity index (χ1) is 6.13. The van der Waals surface area contributed by atoms with Gasteiger partial charge in [-0.05, 0) is 18.6 Å². The zero-order valence-corrected chi connectivity index (χ0v) is 7.58. The van der Waals surface area contributed by atoms with E-state index in [0.717, 1.165) is 17.7 Å². The van der Waals surface area contributed by atoms with Crippen molar-refractivity contribution in [3.63, 3.8) is 0 Å². The third-order valence-corrected chi connectivity index (χ3v) is 2.40. The van der Waals surface area contributed by atoms with Gasteiger partial charge in [0.1, 0.15) is 17.1 Å². The standard InChI is InChI=1S/C10H13NO2/c1-10(6-11)5-7-2-3-8(12)4-9(7)13-10/h2-4,12H,5-6,11H2,1H3. The number of fused-ring (bicyclic) bond motifs is 1. The summed E-state index contributed by atoms with van der Waals surface area (Å²) < 4.78 is 5.64. The van der Waals surface area contributed by atoms with Crippen molar-refractivity contribution in [1.29, 1.82) is 0 Å². The number of benzene rings is 1. The van der Waals surface area contributed by atoms with E-state index in [1.807, 2.05) is 13.0 Å². The number of hydrogen-bond acceptors (Lipinski definition) is 3. The van der Waals surface area contributed by atoms with Gasteiger partial charge in [0, 0.05) is 19.0 Å². The molecule has 0 saturated carbocycles. The Bertz CT molecular complexity index is 338. The van der Waals surface area contributed by atoms with Gasteiger partial charge >= 0.3 is 0 Å². The summed E-state index contributed by atoms with van der Waals surface area (Å²) >= 11 is 0. The van der Waals surface area contributed by atoms with E-state index < -0.39 is 0 Å². The van der Waals surface area contributed by atoms with E-state index in [-0.39, 0.29) is 11.4 Å². The monoisotopic (exact) mass is 179 g/mol. The van der Waals surface area contributed by atoms with E-state index in [0.29, 0.717) is 6.54 Å². The van der Waals surface area contributed by atoms with Crippen LogP contribution in [0, 0.1) is 0 Å². The van der Waals surface area contributed by atoms with Crippen LogP contribution >= 0.6 is 0 Å². The highest BCUT2D eigenvalue weighted by molar-refractivity contribution is 5.44. The number of ether oxygens (including phenoxy) is 1. The number of aromatic hydroxyl groups is 1. The molecule has 0 aromatic heterocycles. The summed E-state index contributed by atoms with van der Waals surface area (Å²) in [5, 5.41) is 9.23. The van der Waals surface area contributed by atoms with Gasteiger partial charge in [-0.15, -0.1) is 0 Å². The summed E-state index contributed by atoms with van der Waals surface area (Å²) in [6, 6.07) is 5.19. The molecule has 1 aromatic carbocycles. The minimum Gasteiger partial charge on any atom is -0.508 e. The zero-order chi connectivity index (χ0) is 9.47. The molecule has 0 fully saturated rings. The summed E-state index contributed by atoms with van der Waals surface area (Å²) in [6.45, 7) is 2.46. The quantitative estimate of drug-likeness (QED) is 0.677. The van der Waals surface area contributed by atoms with Gasteiger partial charge in [0.25, 0.3) is 0 Å². The molecule has 13 heavy (non-hydrogen) atoms. The fourth-order valence-electron chi connectivity index (χ4n) is 1.60. The van der Waals surface area contributed by atoms with Crippen molar-refractivity contribution < 1.29 is 9.84 Å². The lowest BCUT2D eigenvalue weighted by molar-refractivity contribution is 0.125. The molecule has 0 radical (unpaired) electrons. The summed E-state index contributed by atoms with van der Waals surface area (Å²) in [4.78, 5) is 0. The molecular weight excluding hydrogens is 166 g/mol. The lowest BCUT2D eigenvalue weighted by Gasteiger charge is -2.21. The summed E-state index contributed by atoms with van der Waals surface area (Å²) in [5.74, 6) is 0.993. The number of nitrogens with two attached hydrogens (primary N) is 1. The number of phenolic OH excluding ortho intramolecular Hbond substituents is 1. The number of rotatable bonds is 1. The molecule has 0 bridgehead atoms. The van der Waals surface area contributed by atoms with Crippen molar-refractivity contribution in [2.75, 3.05) is 6.54 Å². The second-order valence-corrected chi connectivity index (χ2v) is 3.72. The molecule has 3 N–H and O–H groups in total. The Morgan fingerprint density at radius 2 is 2.38 bits per heavy atom. The molecule has 3 nitrogen and oxygen atoms in total. The highest BCUT2D eigenvalue weighted by Gasteiger charge is 2.33. The first-order valence-electron chi connectivity index (χ1n) is 4.34. The summed E-state index contributed by atoms with van der Waals surface area (Å²) in [6.07, 6.45) is 0.819. The smallest absolute Gasteiger partial charge is 0.127 e. The average molecular weight is 179 g/mol. The Morgan fingerprint density at radius 3 is 3.08 bits per heavy atom. The maximum Gasteiger partial charge on any atom is 0.127 e. The highest BCUT2D eigenvalue weighted by Crippen LogP contribution is 2.36. The van der Waals surface area contributed by atoms with E-state index in [4.69, 9.17) is 10.5 Å². The molecular formula is C10H13NO2. The van der Waals surface area contributed by atoms with Gasteiger partial charge in [-0.3, -0.25) is 0 Å². The molecule has 1 unspecified atom stereocenters. The Morgan fingerprint density at radius 1 is 1.62 bits per heavy atom. The number of phenols is 1. The molecule has 1 heterocycles. The molecule has 0 aliphatic carbocycles. The molecule has 0 saturated heterocycles. The molecule has 70 valence electrons. The molecule has 0 spiro atoms. The van der Waals surface area contributed by atoms with E-state index in [1.165, 1.54) is 0 Å². The molecule has 0 amide bonds. The SMILES string of the molecule is CC1(CN)Cc2ccc(O)cc2O1. The third kappa shape index (κ3) is 1.35. The van der Waals surface area contributed by atoms with Gasteiger partial charge in [0.05, 0.1) is 0 Å². The van der Waals surface area contributed by atoms with Crippen LogP contribution < -0.4 is 10.5 Å². The highest BCUT2D eigenvalue weighted by atomic mass is 16.5. The van der Waals surface area contributed by atoms with Crippen LogP contribution in [0.4, 0.5) is 0 Å². The van der Waals surface area contributed by atoms with Crippen LogP contribution in [-0.2, 0) is 6.42 Å². The van der Waals surface area contributed by atoms with Crippen LogP contribution in [0.3, 0.4) is 0 Å². The van der Waals surface area contributed by atoms with Gasteiger partial charge in [-0.2, -0.15) is 0 Å². The molecule has 1 aliphatic heterocycles. The fourth-order valence-corrected chi connectivity index (χ4v) is 1.60. The molecule has 1 aromatic rings. The lowest BCUT2D eigenvalue weighted by Crippen LogP contribution is -2.38. The second kappa shape index (κ2) is 2.64. The van der Waals surface area contributed by atoms with Gasteiger partial charge in [-0.25, -0.2) is 0 Å². The van der Waals surface area contributed by atoms with Crippen LogP contribution in [0.15, 0.2) is 18.2 Å². The molecule has 2 rings (SSSR count). The van der Waals surface area contributed by atoms with Crippen molar-refractivity contribution in [3.8, 4) is 11.5 Å². The maximum absolute atomic E-state index is 9.23. The normalized spacial score (nSPS) is 25.4. The Balaban J connectivity index is 2.35. The Hall–Kier alpha value is -1.22. The third-order valence-electron chi connectivity index (χ3n) is 2.40. The maximum atomic E-state index is 9.23. The zero-order valence-electron chi connectivity index (χ0n) is 7.58. The minimum atomic E-state index is -0.296. The van der Waals surface area contributed by atoms with Crippen molar-refractivity contribution in [2.24, 2.45) is 5.73 Å². The molecule has 3 heteroatoms. The van der Waals surface area contributed by atoms with Crippen molar-refractivity contribution >= 4 is 0 Å². The van der Waals surface area contributed by atoms with Gasteiger partial charge in [-0.1, -0.05) is 6.07 Å². The largest absolute Gasteiger partial charge is 0.508 e. The Kier molecular flexibility index (Phi) is 1.70. The summed E-state index contributed by atoms with van der Waals surface area (Å²) in [5.41, 5.74) is 6.42. The minimum absolute atomic E-state index is 0.236. The topological polar surface area (TPSA) is 55.5 Å². The fraction of sp³-hybridized carbons (Fsp3) is 0.400. The van der Waals surface area contributed by atoms with Gasteiger partial charge < -0.3 is 15.6 Å². The van der Waals surface area contributed by atoms with Crippen LogP contribution in [0.1, 0.15) is 12.5 Å². The van der Waals surface area contributed by atoms with E-state index >= 15 is 0 Å². The van der Waals surface area contributed by atoms with E-state index in [2.05, 4.69) is 0 Å². The predicted molar refractivity (Wildman–Crippen MR) is 49.9 cm³/mol.